The van der Waals surface area contributed by atoms with E-state index in [9.17, 15) is 17.6 Å². The molecule has 1 saturated heterocycles. The molecule has 1 heterocycles. The summed E-state index contributed by atoms with van der Waals surface area (Å²) in [4.78, 5) is 14.4. The Morgan fingerprint density at radius 3 is 2.38 bits per heavy atom. The number of aryl methyl sites for hydroxylation is 2. The summed E-state index contributed by atoms with van der Waals surface area (Å²) in [6.07, 6.45) is 0.383. The van der Waals surface area contributed by atoms with Crippen LogP contribution in [0.2, 0.25) is 5.02 Å². The van der Waals surface area contributed by atoms with Gasteiger partial charge in [0.25, 0.3) is 5.91 Å². The van der Waals surface area contributed by atoms with Crippen LogP contribution in [-0.2, 0) is 21.2 Å². The molecule has 0 aromatic heterocycles. The number of carbonyl (C=O) groups excluding carboxylic acids is 1. The molecule has 0 spiro atoms. The molecule has 0 bridgehead atoms. The number of halogens is 2. The van der Waals surface area contributed by atoms with Gasteiger partial charge in [-0.2, -0.15) is 0 Å². The maximum atomic E-state index is 13.2. The molecule has 1 amide bonds. The summed E-state index contributed by atoms with van der Waals surface area (Å²) in [5.74, 6) is -0.174. The van der Waals surface area contributed by atoms with Gasteiger partial charge >= 0.3 is 0 Å². The van der Waals surface area contributed by atoms with Crippen LogP contribution in [0.3, 0.4) is 0 Å². The van der Waals surface area contributed by atoms with Crippen molar-refractivity contribution in [3.63, 3.8) is 0 Å². The van der Waals surface area contributed by atoms with Crippen molar-refractivity contribution >= 4 is 27.3 Å². The van der Waals surface area contributed by atoms with Gasteiger partial charge in [-0.3, -0.25) is 4.79 Å². The van der Waals surface area contributed by atoms with Gasteiger partial charge in [0.05, 0.1) is 11.5 Å². The number of benzene rings is 2. The lowest BCUT2D eigenvalue weighted by molar-refractivity contribution is -0.136. The molecule has 0 aliphatic carbocycles. The van der Waals surface area contributed by atoms with Gasteiger partial charge in [0, 0.05) is 17.6 Å². The lowest BCUT2D eigenvalue weighted by Gasteiger charge is -2.28. The van der Waals surface area contributed by atoms with Crippen molar-refractivity contribution in [3.05, 3.63) is 63.9 Å². The molecule has 1 atom stereocenters. The average Bonchev–Trinajstić information content (AvgIpc) is 3.03. The summed E-state index contributed by atoms with van der Waals surface area (Å²) < 4.78 is 42.7. The van der Waals surface area contributed by atoms with Crippen molar-refractivity contribution in [2.75, 3.05) is 18.1 Å². The Morgan fingerprint density at radius 1 is 1.21 bits per heavy atom. The van der Waals surface area contributed by atoms with E-state index in [-0.39, 0.29) is 36.4 Å². The molecule has 156 valence electrons. The Morgan fingerprint density at radius 2 is 1.83 bits per heavy atom. The number of hydrogen-bond donors (Lipinski definition) is 0. The van der Waals surface area contributed by atoms with Crippen molar-refractivity contribution in [2.45, 2.75) is 32.9 Å². The molecule has 8 heteroatoms. The minimum Gasteiger partial charge on any atom is -0.484 e. The molecule has 5 nitrogen and oxygen atoms in total. The number of rotatable bonds is 6. The van der Waals surface area contributed by atoms with Crippen molar-refractivity contribution in [1.82, 2.24) is 4.90 Å². The van der Waals surface area contributed by atoms with E-state index in [1.54, 1.807) is 24.3 Å². The quantitative estimate of drug-likeness (QED) is 0.688. The third kappa shape index (κ3) is 5.48. The summed E-state index contributed by atoms with van der Waals surface area (Å²) in [7, 11) is -3.17. The normalized spacial score (nSPS) is 17.9. The summed E-state index contributed by atoms with van der Waals surface area (Å²) in [6.45, 7) is 3.68. The van der Waals surface area contributed by atoms with Crippen LogP contribution in [0, 0.1) is 19.7 Å². The molecule has 0 saturated carbocycles. The second-order valence-electron chi connectivity index (χ2n) is 7.36. The number of ether oxygens (including phenoxy) is 1. The van der Waals surface area contributed by atoms with Crippen LogP contribution in [0.25, 0.3) is 0 Å². The van der Waals surface area contributed by atoms with E-state index < -0.39 is 15.9 Å². The zero-order valence-corrected chi connectivity index (χ0v) is 17.9. The summed E-state index contributed by atoms with van der Waals surface area (Å²) in [5, 5.41) is 0.651. The smallest absolute Gasteiger partial charge is 0.261 e. The zero-order valence-electron chi connectivity index (χ0n) is 16.3. The molecule has 3 rings (SSSR count). The Hall–Kier alpha value is -2.12. The van der Waals surface area contributed by atoms with Crippen molar-refractivity contribution in [3.8, 4) is 5.75 Å². The van der Waals surface area contributed by atoms with Gasteiger partial charge in [0.2, 0.25) is 0 Å². The van der Waals surface area contributed by atoms with Gasteiger partial charge < -0.3 is 9.64 Å². The third-order valence-corrected chi connectivity index (χ3v) is 7.35. The van der Waals surface area contributed by atoms with E-state index in [1.807, 2.05) is 13.8 Å². The number of hydrogen-bond acceptors (Lipinski definition) is 4. The first-order valence-corrected chi connectivity index (χ1v) is 11.5. The SMILES string of the molecule is Cc1cc(OCC(=O)N(Cc2ccc(F)cc2)C2CCS(=O)(=O)C2)cc(C)c1Cl. The predicted molar refractivity (Wildman–Crippen MR) is 110 cm³/mol. The fraction of sp³-hybridized carbons (Fsp3) is 0.381. The fourth-order valence-corrected chi connectivity index (χ4v) is 5.29. The number of amides is 1. The molecule has 2 aromatic carbocycles. The van der Waals surface area contributed by atoms with Crippen LogP contribution >= 0.6 is 11.6 Å². The summed E-state index contributed by atoms with van der Waals surface area (Å²) in [5.41, 5.74) is 2.42. The molecule has 1 aliphatic rings. The first-order chi connectivity index (χ1) is 13.6. The highest BCUT2D eigenvalue weighted by Crippen LogP contribution is 2.26. The van der Waals surface area contributed by atoms with Gasteiger partial charge in [-0.25, -0.2) is 12.8 Å². The average molecular weight is 440 g/mol. The fourth-order valence-electron chi connectivity index (χ4n) is 3.45. The Balaban J connectivity index is 1.75. The Kier molecular flexibility index (Phi) is 6.49. The molecule has 2 aromatic rings. The molecule has 1 aliphatic heterocycles. The highest BCUT2D eigenvalue weighted by atomic mass is 35.5. The van der Waals surface area contributed by atoms with Gasteiger partial charge in [-0.15, -0.1) is 0 Å². The van der Waals surface area contributed by atoms with E-state index in [2.05, 4.69) is 0 Å². The minimum atomic E-state index is -3.17. The Bertz CT molecular complexity index is 985. The largest absolute Gasteiger partial charge is 0.484 e. The summed E-state index contributed by atoms with van der Waals surface area (Å²) >= 11 is 6.16. The summed E-state index contributed by atoms with van der Waals surface area (Å²) in [6, 6.07) is 8.91. The zero-order chi connectivity index (χ0) is 21.2. The topological polar surface area (TPSA) is 63.7 Å². The van der Waals surface area contributed by atoms with Crippen LogP contribution in [0.1, 0.15) is 23.1 Å². The number of nitrogens with zero attached hydrogens (tertiary/aromatic N) is 1. The van der Waals surface area contributed by atoms with E-state index in [0.717, 1.165) is 16.7 Å². The lowest BCUT2D eigenvalue weighted by atomic mass is 10.1. The first-order valence-electron chi connectivity index (χ1n) is 9.28. The van der Waals surface area contributed by atoms with Gasteiger partial charge in [0.15, 0.2) is 16.4 Å². The van der Waals surface area contributed by atoms with Gasteiger partial charge in [0.1, 0.15) is 11.6 Å². The third-order valence-electron chi connectivity index (χ3n) is 5.01. The lowest BCUT2D eigenvalue weighted by Crippen LogP contribution is -2.43. The molecule has 1 unspecified atom stereocenters. The van der Waals surface area contributed by atoms with E-state index >= 15 is 0 Å². The monoisotopic (exact) mass is 439 g/mol. The molecule has 0 radical (unpaired) electrons. The second-order valence-corrected chi connectivity index (χ2v) is 9.97. The highest BCUT2D eigenvalue weighted by Gasteiger charge is 2.34. The number of carbonyl (C=O) groups is 1. The number of sulfone groups is 1. The van der Waals surface area contributed by atoms with E-state index in [0.29, 0.717) is 17.2 Å². The second kappa shape index (κ2) is 8.71. The maximum Gasteiger partial charge on any atom is 0.261 e. The molecular formula is C21H23ClFNO4S. The minimum absolute atomic E-state index is 0.0568. The van der Waals surface area contributed by atoms with Crippen LogP contribution in [0.5, 0.6) is 5.75 Å². The van der Waals surface area contributed by atoms with Crippen LogP contribution in [0.15, 0.2) is 36.4 Å². The molecule has 1 fully saturated rings. The van der Waals surface area contributed by atoms with Crippen LogP contribution in [0.4, 0.5) is 4.39 Å². The van der Waals surface area contributed by atoms with Gasteiger partial charge in [-0.1, -0.05) is 23.7 Å². The van der Waals surface area contributed by atoms with Gasteiger partial charge in [-0.05, 0) is 61.2 Å². The Labute approximate surface area is 175 Å². The van der Waals surface area contributed by atoms with Crippen LogP contribution < -0.4 is 4.74 Å². The first kappa shape index (κ1) is 21.6. The van der Waals surface area contributed by atoms with Crippen LogP contribution in [-0.4, -0.2) is 43.4 Å². The molecule has 29 heavy (non-hydrogen) atoms. The predicted octanol–water partition coefficient (Wildman–Crippen LogP) is 3.69. The maximum absolute atomic E-state index is 13.2. The van der Waals surface area contributed by atoms with Crippen molar-refractivity contribution in [2.24, 2.45) is 0 Å². The van der Waals surface area contributed by atoms with Crippen molar-refractivity contribution in [1.29, 1.82) is 0 Å². The van der Waals surface area contributed by atoms with E-state index in [1.165, 1.54) is 17.0 Å². The highest BCUT2D eigenvalue weighted by molar-refractivity contribution is 7.91. The molecule has 0 N–H and O–H groups in total. The van der Waals surface area contributed by atoms with E-state index in [4.69, 9.17) is 16.3 Å². The molecular weight excluding hydrogens is 417 g/mol. The van der Waals surface area contributed by atoms with Crippen molar-refractivity contribution < 1.29 is 22.3 Å². The standard InChI is InChI=1S/C21H23ClFNO4S/c1-14-9-19(10-15(2)21(14)22)28-12-20(25)24(18-7-8-29(26,27)13-18)11-16-3-5-17(23)6-4-16/h3-6,9-10,18H,7-8,11-13H2,1-2H3.